The Labute approximate surface area is 192 Å². The van der Waals surface area contributed by atoms with Crippen molar-refractivity contribution in [2.45, 2.75) is 25.5 Å². The number of rotatable bonds is 5. The lowest BCUT2D eigenvalue weighted by Gasteiger charge is -2.21. The van der Waals surface area contributed by atoms with Gasteiger partial charge in [-0.05, 0) is 48.4 Å². The second-order valence-corrected chi connectivity index (χ2v) is 8.07. The number of aromatic nitrogens is 5. The minimum atomic E-state index is -1.78. The number of ether oxygens (including phenoxy) is 1. The van der Waals surface area contributed by atoms with Gasteiger partial charge in [0.25, 0.3) is 0 Å². The van der Waals surface area contributed by atoms with Crippen LogP contribution in [0.2, 0.25) is 0 Å². The van der Waals surface area contributed by atoms with Gasteiger partial charge < -0.3 is 14.4 Å². The average Bonchev–Trinajstić information content (AvgIpc) is 3.52. The predicted molar refractivity (Wildman–Crippen MR) is 118 cm³/mol. The lowest BCUT2D eigenvalue weighted by molar-refractivity contribution is 0.0776. The van der Waals surface area contributed by atoms with Gasteiger partial charge in [0.05, 0.1) is 24.8 Å². The molecule has 1 aliphatic rings. The summed E-state index contributed by atoms with van der Waals surface area (Å²) in [7, 11) is 1.58. The van der Waals surface area contributed by atoms with Crippen molar-refractivity contribution < 1.29 is 23.0 Å². The van der Waals surface area contributed by atoms with E-state index in [9.17, 15) is 18.3 Å². The van der Waals surface area contributed by atoms with Crippen LogP contribution in [0.25, 0.3) is 17.8 Å². The van der Waals surface area contributed by atoms with Crippen LogP contribution < -0.4 is 4.74 Å². The fourth-order valence-electron chi connectivity index (χ4n) is 4.07. The zero-order valence-corrected chi connectivity index (χ0v) is 18.3. The molecule has 4 aromatic rings. The Morgan fingerprint density at radius 1 is 1.12 bits per heavy atom. The van der Waals surface area contributed by atoms with Crippen LogP contribution in [0.3, 0.4) is 0 Å². The van der Waals surface area contributed by atoms with Crippen LogP contribution in [-0.4, -0.2) is 36.5 Å². The molecule has 0 radical (unpaired) electrons. The maximum atomic E-state index is 13.8. The number of aliphatic hydroxyl groups is 1. The fraction of sp³-hybridized carbons (Fsp3) is 0.208. The highest BCUT2D eigenvalue weighted by molar-refractivity contribution is 5.69. The molecule has 2 aromatic heterocycles. The first-order chi connectivity index (χ1) is 16.3. The van der Waals surface area contributed by atoms with Crippen molar-refractivity contribution in [2.75, 3.05) is 7.11 Å². The molecule has 1 atom stereocenters. The van der Waals surface area contributed by atoms with Gasteiger partial charge >= 0.3 is 0 Å². The Morgan fingerprint density at radius 2 is 1.88 bits per heavy atom. The number of aryl methyl sites for hydroxylation is 2. The minimum Gasteiger partial charge on any atom is -0.495 e. The van der Waals surface area contributed by atoms with E-state index in [4.69, 9.17) is 4.74 Å². The molecule has 2 aromatic carbocycles. The number of methoxy groups -OCH3 is 1. The summed E-state index contributed by atoms with van der Waals surface area (Å²) >= 11 is 0. The molecule has 0 amide bonds. The monoisotopic (exact) mass is 467 g/mol. The lowest BCUT2D eigenvalue weighted by Crippen LogP contribution is -2.26. The molecule has 10 heteroatoms. The molecule has 174 valence electrons. The third-order valence-electron chi connectivity index (χ3n) is 5.82. The van der Waals surface area contributed by atoms with Gasteiger partial charge in [-0.15, -0.1) is 0 Å². The van der Waals surface area contributed by atoms with E-state index in [1.165, 1.54) is 4.68 Å². The quantitative estimate of drug-likeness (QED) is 0.449. The van der Waals surface area contributed by atoms with Crippen LogP contribution in [-0.2, 0) is 12.1 Å². The van der Waals surface area contributed by atoms with E-state index in [1.807, 2.05) is 35.9 Å². The first-order valence-corrected chi connectivity index (χ1v) is 10.5. The molecule has 0 aliphatic carbocycles. The predicted octanol–water partition coefficient (Wildman–Crippen LogP) is 4.01. The topological polar surface area (TPSA) is 78.0 Å². The van der Waals surface area contributed by atoms with E-state index >= 15 is 0 Å². The van der Waals surface area contributed by atoms with E-state index in [1.54, 1.807) is 25.6 Å². The zero-order chi connectivity index (χ0) is 24.0. The summed E-state index contributed by atoms with van der Waals surface area (Å²) in [6.45, 7) is 2.19. The Morgan fingerprint density at radius 3 is 2.56 bits per heavy atom. The molecular formula is C24H20F3N5O2. The molecule has 0 saturated carbocycles. The third-order valence-corrected chi connectivity index (χ3v) is 5.82. The van der Waals surface area contributed by atoms with Gasteiger partial charge in [-0.3, -0.25) is 0 Å². The van der Waals surface area contributed by atoms with Crippen LogP contribution in [0, 0.1) is 24.4 Å². The largest absolute Gasteiger partial charge is 0.495 e. The number of halogens is 3. The highest BCUT2D eigenvalue weighted by atomic mass is 19.2. The van der Waals surface area contributed by atoms with Gasteiger partial charge in [-0.25, -0.2) is 27.8 Å². The number of hydrogen-bond donors (Lipinski definition) is 1. The van der Waals surface area contributed by atoms with Crippen LogP contribution >= 0.6 is 0 Å². The lowest BCUT2D eigenvalue weighted by atomic mass is 9.91. The average molecular weight is 467 g/mol. The number of imidazole rings is 1. The van der Waals surface area contributed by atoms with Gasteiger partial charge in [0, 0.05) is 19.2 Å². The van der Waals surface area contributed by atoms with E-state index in [0.717, 1.165) is 29.1 Å². The summed E-state index contributed by atoms with van der Waals surface area (Å²) in [5.41, 5.74) is 0.660. The SMILES string of the molecule is COc1cc(/C=C/c2nc3n(n2)CC[C@@]3(O)c2cc(F)c(F)c(F)c2)ccc1-n1cnc(C)c1. The van der Waals surface area contributed by atoms with Gasteiger partial charge in [0.15, 0.2) is 34.7 Å². The van der Waals surface area contributed by atoms with E-state index in [-0.39, 0.29) is 17.8 Å². The molecule has 0 unspecified atom stereocenters. The minimum absolute atomic E-state index is 0.111. The number of fused-ring (bicyclic) bond motifs is 1. The van der Waals surface area contributed by atoms with Gasteiger partial charge in [0.2, 0.25) is 0 Å². The van der Waals surface area contributed by atoms with Crippen molar-refractivity contribution in [1.82, 2.24) is 24.3 Å². The smallest absolute Gasteiger partial charge is 0.194 e. The molecule has 1 aliphatic heterocycles. The number of benzene rings is 2. The summed E-state index contributed by atoms with van der Waals surface area (Å²) in [5.74, 6) is -3.23. The first-order valence-electron chi connectivity index (χ1n) is 10.5. The molecule has 34 heavy (non-hydrogen) atoms. The maximum absolute atomic E-state index is 13.8. The molecular weight excluding hydrogens is 447 g/mol. The van der Waals surface area contributed by atoms with Crippen molar-refractivity contribution >= 4 is 12.2 Å². The zero-order valence-electron chi connectivity index (χ0n) is 18.3. The van der Waals surface area contributed by atoms with Crippen molar-refractivity contribution in [1.29, 1.82) is 0 Å². The van der Waals surface area contributed by atoms with Crippen LogP contribution in [0.5, 0.6) is 5.75 Å². The highest BCUT2D eigenvalue weighted by Gasteiger charge is 2.42. The van der Waals surface area contributed by atoms with Crippen molar-refractivity contribution in [2.24, 2.45) is 0 Å². The molecule has 0 bridgehead atoms. The van der Waals surface area contributed by atoms with Crippen molar-refractivity contribution in [3.8, 4) is 11.4 Å². The second kappa shape index (κ2) is 8.14. The Kier molecular flexibility index (Phi) is 5.24. The maximum Gasteiger partial charge on any atom is 0.194 e. The molecule has 0 fully saturated rings. The molecule has 3 heterocycles. The van der Waals surface area contributed by atoms with Crippen molar-refractivity contribution in [3.05, 3.63) is 88.8 Å². The summed E-state index contributed by atoms with van der Waals surface area (Å²) in [4.78, 5) is 8.59. The number of hydrogen-bond acceptors (Lipinski definition) is 5. The van der Waals surface area contributed by atoms with Crippen molar-refractivity contribution in [3.63, 3.8) is 0 Å². The number of nitrogens with zero attached hydrogens (tertiary/aromatic N) is 5. The second-order valence-electron chi connectivity index (χ2n) is 8.07. The fourth-order valence-corrected chi connectivity index (χ4v) is 4.07. The molecule has 7 nitrogen and oxygen atoms in total. The summed E-state index contributed by atoms with van der Waals surface area (Å²) in [6, 6.07) is 7.22. The molecule has 0 spiro atoms. The van der Waals surface area contributed by atoms with E-state index < -0.39 is 23.1 Å². The van der Waals surface area contributed by atoms with Gasteiger partial charge in [-0.1, -0.05) is 12.1 Å². The summed E-state index contributed by atoms with van der Waals surface area (Å²) in [5, 5.41) is 15.5. The summed E-state index contributed by atoms with van der Waals surface area (Å²) in [6.07, 6.45) is 7.16. The van der Waals surface area contributed by atoms with E-state index in [0.29, 0.717) is 18.1 Å². The Hall–Kier alpha value is -3.92. The van der Waals surface area contributed by atoms with Crippen LogP contribution in [0.1, 0.15) is 34.9 Å². The van der Waals surface area contributed by atoms with Gasteiger partial charge in [0.1, 0.15) is 5.75 Å². The van der Waals surface area contributed by atoms with Crippen LogP contribution in [0.4, 0.5) is 13.2 Å². The van der Waals surface area contributed by atoms with E-state index in [2.05, 4.69) is 15.1 Å². The standard InChI is InChI=1S/C24H20F3N5O2/c1-14-12-31(13-28-14)19-5-3-15(9-20(19)34-2)4-6-21-29-23-24(33,7-8-32(23)30-21)16-10-17(25)22(27)18(26)11-16/h3-6,9-13,33H,7-8H2,1-2H3/b6-4+/t24-/m1/s1. The molecule has 5 rings (SSSR count). The highest BCUT2D eigenvalue weighted by Crippen LogP contribution is 2.38. The third kappa shape index (κ3) is 3.65. The van der Waals surface area contributed by atoms with Crippen LogP contribution in [0.15, 0.2) is 42.9 Å². The molecule has 0 saturated heterocycles. The summed E-state index contributed by atoms with van der Waals surface area (Å²) < 4.78 is 49.7. The van der Waals surface area contributed by atoms with Gasteiger partial charge in [-0.2, -0.15) is 5.10 Å². The first kappa shape index (κ1) is 21.9. The molecule has 1 N–H and O–H groups in total. The normalized spacial score (nSPS) is 17.5. The Balaban J connectivity index is 1.43. The Bertz CT molecular complexity index is 1400.